The number of amides is 2. The van der Waals surface area contributed by atoms with Crippen molar-refractivity contribution in [2.75, 3.05) is 31.5 Å². The first-order valence-electron chi connectivity index (χ1n) is 9.41. The van der Waals surface area contributed by atoms with E-state index in [2.05, 4.69) is 10.2 Å². The molecule has 8 heteroatoms. The van der Waals surface area contributed by atoms with Crippen molar-refractivity contribution in [3.8, 4) is 5.75 Å². The van der Waals surface area contributed by atoms with Gasteiger partial charge < -0.3 is 15.0 Å². The van der Waals surface area contributed by atoms with Crippen LogP contribution < -0.4 is 10.1 Å². The van der Waals surface area contributed by atoms with Crippen molar-refractivity contribution in [1.82, 2.24) is 9.80 Å². The molecule has 2 aliphatic heterocycles. The molecule has 6 nitrogen and oxygen atoms in total. The van der Waals surface area contributed by atoms with Gasteiger partial charge in [-0.15, -0.1) is 0 Å². The summed E-state index contributed by atoms with van der Waals surface area (Å²) in [6, 6.07) is 11.4. The Labute approximate surface area is 173 Å². The van der Waals surface area contributed by atoms with Gasteiger partial charge in [-0.3, -0.25) is 14.5 Å². The van der Waals surface area contributed by atoms with Gasteiger partial charge in [0.2, 0.25) is 0 Å². The van der Waals surface area contributed by atoms with Crippen LogP contribution in [0.15, 0.2) is 42.5 Å². The molecule has 0 radical (unpaired) electrons. The van der Waals surface area contributed by atoms with Crippen LogP contribution in [0.4, 0.5) is 10.1 Å². The van der Waals surface area contributed by atoms with Crippen molar-refractivity contribution in [2.45, 2.75) is 19.1 Å². The molecule has 2 aliphatic rings. The Bertz CT molecular complexity index is 962. The predicted molar refractivity (Wildman–Crippen MR) is 107 cm³/mol. The van der Waals surface area contributed by atoms with Crippen LogP contribution in [0.1, 0.15) is 12.5 Å². The van der Waals surface area contributed by atoms with Gasteiger partial charge >= 0.3 is 0 Å². The number of hydrogen-bond donors (Lipinski definition) is 1. The van der Waals surface area contributed by atoms with E-state index < -0.39 is 11.5 Å². The van der Waals surface area contributed by atoms with Gasteiger partial charge in [-0.2, -0.15) is 0 Å². The second-order valence-corrected chi connectivity index (χ2v) is 7.86. The molecule has 0 saturated carbocycles. The Hall–Kier alpha value is -2.64. The summed E-state index contributed by atoms with van der Waals surface area (Å²) in [5, 5.41) is 3.19. The van der Waals surface area contributed by atoms with Gasteiger partial charge in [-0.05, 0) is 42.8 Å². The second-order valence-electron chi connectivity index (χ2n) is 7.43. The molecular formula is C21H21ClFN3O3. The van der Waals surface area contributed by atoms with E-state index in [1.165, 1.54) is 19.1 Å². The third-order valence-electron chi connectivity index (χ3n) is 5.30. The normalized spacial score (nSPS) is 21.9. The van der Waals surface area contributed by atoms with Gasteiger partial charge in [0.1, 0.15) is 11.6 Å². The summed E-state index contributed by atoms with van der Waals surface area (Å²) in [7, 11) is 0. The van der Waals surface area contributed by atoms with Crippen LogP contribution in [0.5, 0.6) is 5.75 Å². The molecular weight excluding hydrogens is 397 g/mol. The van der Waals surface area contributed by atoms with Gasteiger partial charge in [0.15, 0.2) is 0 Å². The topological polar surface area (TPSA) is 61.9 Å². The Morgan fingerprint density at radius 3 is 2.69 bits per heavy atom. The molecule has 0 spiro atoms. The zero-order valence-corrected chi connectivity index (χ0v) is 16.7. The lowest BCUT2D eigenvalue weighted by Crippen LogP contribution is -2.62. The zero-order chi connectivity index (χ0) is 20.6. The van der Waals surface area contributed by atoms with Crippen LogP contribution in [-0.4, -0.2) is 53.4 Å². The van der Waals surface area contributed by atoms with E-state index in [0.29, 0.717) is 49.2 Å². The summed E-state index contributed by atoms with van der Waals surface area (Å²) in [5.74, 6) is -0.735. The zero-order valence-electron chi connectivity index (χ0n) is 16.0. The number of fused-ring (bicyclic) bond motifs is 1. The molecule has 29 heavy (non-hydrogen) atoms. The number of nitrogens with one attached hydrogen (secondary N) is 1. The molecule has 152 valence electrons. The predicted octanol–water partition coefficient (Wildman–Crippen LogP) is 2.91. The Morgan fingerprint density at radius 1 is 1.21 bits per heavy atom. The number of anilines is 1. The Balaban J connectivity index is 1.41. The minimum atomic E-state index is -1.63. The average molecular weight is 418 g/mol. The summed E-state index contributed by atoms with van der Waals surface area (Å²) in [4.78, 5) is 29.6. The maximum atomic E-state index is 13.4. The first kappa shape index (κ1) is 19.7. The minimum absolute atomic E-state index is 0.258. The minimum Gasteiger partial charge on any atom is -0.466 e. The molecule has 0 aromatic heterocycles. The van der Waals surface area contributed by atoms with Crippen LogP contribution in [-0.2, 0) is 16.1 Å². The lowest BCUT2D eigenvalue weighted by atomic mass is 10.00. The molecule has 1 atom stereocenters. The molecule has 1 N–H and O–H groups in total. The van der Waals surface area contributed by atoms with Crippen molar-refractivity contribution in [2.24, 2.45) is 0 Å². The summed E-state index contributed by atoms with van der Waals surface area (Å²) in [5.41, 5.74) is -0.291. The molecule has 2 heterocycles. The molecule has 4 rings (SSSR count). The number of nitrogens with zero attached hydrogens (tertiary/aromatic N) is 2. The van der Waals surface area contributed by atoms with Crippen molar-refractivity contribution >= 4 is 29.1 Å². The van der Waals surface area contributed by atoms with Crippen molar-refractivity contribution in [3.05, 3.63) is 58.9 Å². The van der Waals surface area contributed by atoms with Gasteiger partial charge in [0.25, 0.3) is 17.4 Å². The third kappa shape index (κ3) is 3.93. The number of rotatable bonds is 3. The number of hydrogen-bond acceptors (Lipinski definition) is 4. The average Bonchev–Trinajstić information content (AvgIpc) is 2.69. The number of piperazine rings is 1. The van der Waals surface area contributed by atoms with E-state index in [0.717, 1.165) is 5.56 Å². The molecule has 2 aromatic rings. The Morgan fingerprint density at radius 2 is 1.97 bits per heavy atom. The molecule has 1 fully saturated rings. The smallest absolute Gasteiger partial charge is 0.278 e. The fraction of sp³-hybridized carbons (Fsp3) is 0.333. The maximum Gasteiger partial charge on any atom is 0.278 e. The summed E-state index contributed by atoms with van der Waals surface area (Å²) >= 11 is 5.95. The number of ether oxygens (including phenoxy) is 1. The highest BCUT2D eigenvalue weighted by atomic mass is 35.5. The van der Waals surface area contributed by atoms with Crippen molar-refractivity contribution in [1.29, 1.82) is 0 Å². The summed E-state index contributed by atoms with van der Waals surface area (Å²) in [6.45, 7) is 4.30. The molecule has 1 saturated heterocycles. The maximum absolute atomic E-state index is 13.4. The Kier molecular flexibility index (Phi) is 5.19. The van der Waals surface area contributed by atoms with E-state index in [1.54, 1.807) is 29.2 Å². The largest absolute Gasteiger partial charge is 0.466 e. The van der Waals surface area contributed by atoms with Gasteiger partial charge in [0.05, 0.1) is 5.69 Å². The van der Waals surface area contributed by atoms with E-state index in [-0.39, 0.29) is 11.7 Å². The summed E-state index contributed by atoms with van der Waals surface area (Å²) < 4.78 is 19.2. The molecule has 0 aliphatic carbocycles. The van der Waals surface area contributed by atoms with Crippen molar-refractivity contribution < 1.29 is 18.7 Å². The number of carbonyl (C=O) groups excluding carboxylic acids is 2. The van der Waals surface area contributed by atoms with Gasteiger partial charge in [0, 0.05) is 37.7 Å². The van der Waals surface area contributed by atoms with Crippen LogP contribution in [0.25, 0.3) is 0 Å². The van der Waals surface area contributed by atoms with Crippen LogP contribution in [0.3, 0.4) is 0 Å². The quantitative estimate of drug-likeness (QED) is 0.780. The highest BCUT2D eigenvalue weighted by molar-refractivity contribution is 6.31. The van der Waals surface area contributed by atoms with Crippen molar-refractivity contribution in [3.63, 3.8) is 0 Å². The van der Waals surface area contributed by atoms with Crippen LogP contribution >= 0.6 is 11.6 Å². The van der Waals surface area contributed by atoms with Gasteiger partial charge in [-0.1, -0.05) is 23.7 Å². The fourth-order valence-corrected chi connectivity index (χ4v) is 3.81. The molecule has 2 aromatic carbocycles. The molecule has 2 amide bonds. The lowest BCUT2D eigenvalue weighted by molar-refractivity contribution is -0.155. The standard InChI is InChI=1S/C21H21ClFN3O3/c1-21(19(27)24-17-12-15(22)5-6-18(17)29-21)20(28)26-9-7-25(8-10-26)13-14-3-2-4-16(23)11-14/h2-6,11-12H,7-10,13H2,1H3,(H,24,27). The molecule has 1 unspecified atom stereocenters. The second kappa shape index (κ2) is 7.65. The fourth-order valence-electron chi connectivity index (χ4n) is 3.64. The van der Waals surface area contributed by atoms with Crippen LogP contribution in [0, 0.1) is 5.82 Å². The first-order valence-corrected chi connectivity index (χ1v) is 9.79. The monoisotopic (exact) mass is 417 g/mol. The molecule has 0 bridgehead atoms. The summed E-state index contributed by atoms with van der Waals surface area (Å²) in [6.07, 6.45) is 0. The van der Waals surface area contributed by atoms with E-state index in [4.69, 9.17) is 16.3 Å². The number of halogens is 2. The third-order valence-corrected chi connectivity index (χ3v) is 5.54. The highest BCUT2D eigenvalue weighted by Crippen LogP contribution is 2.36. The van der Waals surface area contributed by atoms with E-state index in [1.807, 2.05) is 6.07 Å². The van der Waals surface area contributed by atoms with E-state index in [9.17, 15) is 14.0 Å². The lowest BCUT2D eigenvalue weighted by Gasteiger charge is -2.40. The number of carbonyl (C=O) groups is 2. The van der Waals surface area contributed by atoms with Crippen LogP contribution in [0.2, 0.25) is 5.02 Å². The first-order chi connectivity index (χ1) is 13.8. The van der Waals surface area contributed by atoms with Gasteiger partial charge in [-0.25, -0.2) is 4.39 Å². The van der Waals surface area contributed by atoms with E-state index >= 15 is 0 Å². The SMILES string of the molecule is CC1(C(=O)N2CCN(Cc3cccc(F)c3)CC2)Oc2ccc(Cl)cc2NC1=O. The number of benzene rings is 2. The highest BCUT2D eigenvalue weighted by Gasteiger charge is 2.49.